The van der Waals surface area contributed by atoms with Gasteiger partial charge in [-0.2, -0.15) is 0 Å². The van der Waals surface area contributed by atoms with Crippen molar-refractivity contribution in [3.63, 3.8) is 0 Å². The van der Waals surface area contributed by atoms with E-state index in [1.54, 1.807) is 18.2 Å². The zero-order chi connectivity index (χ0) is 19.8. The Labute approximate surface area is 159 Å². The molecule has 1 heterocycles. The van der Waals surface area contributed by atoms with Crippen molar-refractivity contribution in [1.29, 1.82) is 0 Å². The van der Waals surface area contributed by atoms with Gasteiger partial charge in [-0.05, 0) is 28.0 Å². The number of fused-ring (bicyclic) bond motifs is 2. The lowest BCUT2D eigenvalue weighted by molar-refractivity contribution is -0.117. The largest absolute Gasteiger partial charge is 0.476 e. The number of aromatic carboxylic acids is 1. The molecule has 0 spiro atoms. The second-order valence-corrected chi connectivity index (χ2v) is 6.65. The molecular formula is C22H17FN2O3. The third-order valence-corrected chi connectivity index (χ3v) is 4.89. The number of carboxylic acid groups (broad SMARTS) is 1. The van der Waals surface area contributed by atoms with Crippen LogP contribution in [0, 0.1) is 5.82 Å². The van der Waals surface area contributed by atoms with Crippen LogP contribution in [0.5, 0.6) is 0 Å². The number of carboxylic acids is 1. The number of benzene rings is 3. The third-order valence-electron chi connectivity index (χ3n) is 4.89. The van der Waals surface area contributed by atoms with Gasteiger partial charge in [0.15, 0.2) is 11.5 Å². The highest BCUT2D eigenvalue weighted by atomic mass is 19.1. The number of hydrogen-bond acceptors (Lipinski definition) is 2. The first-order chi connectivity index (χ1) is 13.5. The van der Waals surface area contributed by atoms with Gasteiger partial charge < -0.3 is 15.4 Å². The molecule has 0 aliphatic heterocycles. The molecule has 3 aromatic carbocycles. The number of aromatic nitrogens is 1. The third kappa shape index (κ3) is 2.89. The molecule has 0 atom stereocenters. The number of halogens is 1. The average Bonchev–Trinajstić information content (AvgIpc) is 2.94. The van der Waals surface area contributed by atoms with Crippen LogP contribution in [0.2, 0.25) is 0 Å². The van der Waals surface area contributed by atoms with E-state index in [1.165, 1.54) is 4.57 Å². The molecule has 4 rings (SSSR count). The Balaban J connectivity index is 1.97. The summed E-state index contributed by atoms with van der Waals surface area (Å²) in [7, 11) is 0. The number of carbonyl (C=O) groups excluding carboxylic acids is 1. The summed E-state index contributed by atoms with van der Waals surface area (Å²) in [5.74, 6) is -2.82. The molecule has 0 saturated heterocycles. The standard InChI is InChI=1S/C22H17FN2O3/c23-20-19-14(11-18(24)26)7-4-10-17(19)25(21(20)22(27)28)12-15-8-3-6-13-5-1-2-9-16(13)15/h1-10H,11-12H2,(H2,24,26)(H,27,28). The van der Waals surface area contributed by atoms with Crippen LogP contribution >= 0.6 is 0 Å². The zero-order valence-electron chi connectivity index (χ0n) is 14.9. The van der Waals surface area contributed by atoms with E-state index >= 15 is 4.39 Å². The predicted molar refractivity (Wildman–Crippen MR) is 105 cm³/mol. The fraction of sp³-hybridized carbons (Fsp3) is 0.0909. The molecule has 6 heteroatoms. The van der Waals surface area contributed by atoms with Crippen molar-refractivity contribution >= 4 is 33.6 Å². The topological polar surface area (TPSA) is 85.3 Å². The molecule has 0 aliphatic carbocycles. The van der Waals surface area contributed by atoms with Crippen molar-refractivity contribution in [1.82, 2.24) is 4.57 Å². The van der Waals surface area contributed by atoms with Crippen LogP contribution in [0.4, 0.5) is 4.39 Å². The van der Waals surface area contributed by atoms with Crippen LogP contribution in [-0.4, -0.2) is 21.6 Å². The van der Waals surface area contributed by atoms with Crippen LogP contribution in [0.25, 0.3) is 21.7 Å². The summed E-state index contributed by atoms with van der Waals surface area (Å²) >= 11 is 0. The molecule has 4 aromatic rings. The molecule has 3 N–H and O–H groups in total. The van der Waals surface area contributed by atoms with E-state index in [1.807, 2.05) is 42.5 Å². The Bertz CT molecular complexity index is 1240. The smallest absolute Gasteiger partial charge is 0.355 e. The minimum Gasteiger partial charge on any atom is -0.476 e. The Morgan fingerprint density at radius 1 is 0.964 bits per heavy atom. The zero-order valence-corrected chi connectivity index (χ0v) is 14.9. The number of nitrogens with two attached hydrogens (primary N) is 1. The van der Waals surface area contributed by atoms with Gasteiger partial charge in [-0.15, -0.1) is 0 Å². The van der Waals surface area contributed by atoms with Crippen molar-refractivity contribution in [2.45, 2.75) is 13.0 Å². The van der Waals surface area contributed by atoms with Crippen molar-refractivity contribution < 1.29 is 19.1 Å². The summed E-state index contributed by atoms with van der Waals surface area (Å²) in [6.45, 7) is 0.184. The molecule has 0 fully saturated rings. The van der Waals surface area contributed by atoms with E-state index in [0.717, 1.165) is 16.3 Å². The van der Waals surface area contributed by atoms with Crippen molar-refractivity contribution in [2.24, 2.45) is 5.73 Å². The maximum Gasteiger partial charge on any atom is 0.355 e. The highest BCUT2D eigenvalue weighted by Gasteiger charge is 2.25. The first-order valence-electron chi connectivity index (χ1n) is 8.75. The lowest BCUT2D eigenvalue weighted by atomic mass is 10.0. The lowest BCUT2D eigenvalue weighted by Gasteiger charge is -2.11. The summed E-state index contributed by atoms with van der Waals surface area (Å²) in [4.78, 5) is 23.2. The molecule has 0 unspecified atom stereocenters. The molecule has 0 saturated carbocycles. The quantitative estimate of drug-likeness (QED) is 0.557. The maximum absolute atomic E-state index is 15.1. The number of amides is 1. The monoisotopic (exact) mass is 376 g/mol. The van der Waals surface area contributed by atoms with Crippen LogP contribution < -0.4 is 5.73 Å². The Morgan fingerprint density at radius 3 is 2.39 bits per heavy atom. The molecule has 1 amide bonds. The maximum atomic E-state index is 15.1. The van der Waals surface area contributed by atoms with Gasteiger partial charge in [0.2, 0.25) is 5.91 Å². The Kier molecular flexibility index (Phi) is 4.31. The van der Waals surface area contributed by atoms with Crippen LogP contribution in [0.1, 0.15) is 21.6 Å². The van der Waals surface area contributed by atoms with Gasteiger partial charge in [0.25, 0.3) is 0 Å². The molecule has 0 radical (unpaired) electrons. The second-order valence-electron chi connectivity index (χ2n) is 6.65. The minimum absolute atomic E-state index is 0.124. The highest BCUT2D eigenvalue weighted by molar-refractivity contribution is 5.98. The number of hydrogen-bond donors (Lipinski definition) is 2. The number of primary amides is 1. The van der Waals surface area contributed by atoms with Crippen molar-refractivity contribution in [3.05, 3.63) is 83.3 Å². The van der Waals surface area contributed by atoms with E-state index in [0.29, 0.717) is 11.1 Å². The van der Waals surface area contributed by atoms with E-state index in [2.05, 4.69) is 0 Å². The molecular weight excluding hydrogens is 359 g/mol. The fourth-order valence-corrected chi connectivity index (χ4v) is 3.73. The summed E-state index contributed by atoms with van der Waals surface area (Å²) in [5.41, 5.74) is 6.51. The van der Waals surface area contributed by atoms with Gasteiger partial charge in [-0.3, -0.25) is 4.79 Å². The van der Waals surface area contributed by atoms with E-state index in [4.69, 9.17) is 5.73 Å². The van der Waals surface area contributed by atoms with Crippen LogP contribution in [-0.2, 0) is 17.8 Å². The van der Waals surface area contributed by atoms with E-state index in [9.17, 15) is 14.7 Å². The van der Waals surface area contributed by atoms with Gasteiger partial charge in [-0.1, -0.05) is 54.6 Å². The van der Waals surface area contributed by atoms with E-state index in [-0.39, 0.29) is 18.4 Å². The molecule has 0 aliphatic rings. The SMILES string of the molecule is NC(=O)Cc1cccc2c1c(F)c(C(=O)O)n2Cc1cccc2ccccc12. The number of carbonyl (C=O) groups is 2. The Morgan fingerprint density at radius 2 is 1.64 bits per heavy atom. The molecule has 140 valence electrons. The summed E-state index contributed by atoms with van der Waals surface area (Å²) in [6, 6.07) is 18.4. The van der Waals surface area contributed by atoms with Crippen molar-refractivity contribution in [3.8, 4) is 0 Å². The number of nitrogens with zero attached hydrogens (tertiary/aromatic N) is 1. The normalized spacial score (nSPS) is 11.2. The van der Waals surface area contributed by atoms with Gasteiger partial charge >= 0.3 is 5.97 Å². The van der Waals surface area contributed by atoms with Gasteiger partial charge in [0.1, 0.15) is 0 Å². The Hall–Kier alpha value is -3.67. The molecule has 0 bridgehead atoms. The molecule has 5 nitrogen and oxygen atoms in total. The number of rotatable bonds is 5. The van der Waals surface area contributed by atoms with Gasteiger partial charge in [0.05, 0.1) is 11.9 Å². The lowest BCUT2D eigenvalue weighted by Crippen LogP contribution is -2.13. The van der Waals surface area contributed by atoms with Gasteiger partial charge in [-0.25, -0.2) is 9.18 Å². The first kappa shape index (κ1) is 17.7. The second kappa shape index (κ2) is 6.81. The summed E-state index contributed by atoms with van der Waals surface area (Å²) in [5, 5.41) is 11.8. The van der Waals surface area contributed by atoms with Crippen molar-refractivity contribution in [2.75, 3.05) is 0 Å². The summed E-state index contributed by atoms with van der Waals surface area (Å²) in [6.07, 6.45) is -0.161. The highest BCUT2D eigenvalue weighted by Crippen LogP contribution is 2.30. The van der Waals surface area contributed by atoms with Crippen LogP contribution in [0.15, 0.2) is 60.7 Å². The molecule has 28 heavy (non-hydrogen) atoms. The molecule has 1 aromatic heterocycles. The van der Waals surface area contributed by atoms with Gasteiger partial charge in [0, 0.05) is 11.9 Å². The minimum atomic E-state index is -1.36. The first-order valence-corrected chi connectivity index (χ1v) is 8.75. The summed E-state index contributed by atoms with van der Waals surface area (Å²) < 4.78 is 16.6. The fourth-order valence-electron chi connectivity index (χ4n) is 3.73. The van der Waals surface area contributed by atoms with Crippen LogP contribution in [0.3, 0.4) is 0 Å². The van der Waals surface area contributed by atoms with E-state index < -0.39 is 23.4 Å². The average molecular weight is 376 g/mol. The predicted octanol–water partition coefficient (Wildman–Crippen LogP) is 3.71.